The van der Waals surface area contributed by atoms with E-state index >= 15 is 0 Å². The van der Waals surface area contributed by atoms with Gasteiger partial charge in [-0.15, -0.1) is 0 Å². The summed E-state index contributed by atoms with van der Waals surface area (Å²) in [6.45, 7) is 5.63. The van der Waals surface area contributed by atoms with Crippen molar-refractivity contribution >= 4 is 11.9 Å². The maximum atomic E-state index is 13.5. The van der Waals surface area contributed by atoms with Crippen molar-refractivity contribution in [2.75, 3.05) is 13.2 Å². The first-order valence-corrected chi connectivity index (χ1v) is 34.2. The highest BCUT2D eigenvalue weighted by atomic mass is 16.7. The molecule has 8 atom stereocenters. The Morgan fingerprint density at radius 3 is 1.31 bits per heavy atom. The molecule has 1 aliphatic heterocycles. The van der Waals surface area contributed by atoms with Gasteiger partial charge in [0.15, 0.2) is 12.4 Å². The molecule has 8 unspecified atom stereocenters. The number of allylic oxidation sites excluding steroid dienone is 17. The minimum absolute atomic E-state index is 0.0409. The van der Waals surface area contributed by atoms with E-state index in [1.807, 2.05) is 18.2 Å². The van der Waals surface area contributed by atoms with Crippen LogP contribution in [0.2, 0.25) is 0 Å². The Hall–Kier alpha value is -3.68. The zero-order valence-corrected chi connectivity index (χ0v) is 53.5. The van der Waals surface area contributed by atoms with Crippen LogP contribution in [0.5, 0.6) is 0 Å². The summed E-state index contributed by atoms with van der Waals surface area (Å²) in [5, 5.41) is 57.1. The molecule has 1 heterocycles. The predicted octanol–water partition coefficient (Wildman–Crippen LogP) is 17.2. The number of aliphatic hydroxyl groups is 5. The molecule has 0 bridgehead atoms. The molecule has 84 heavy (non-hydrogen) atoms. The van der Waals surface area contributed by atoms with Gasteiger partial charge in [0.2, 0.25) is 5.91 Å². The number of rotatable bonds is 57. The number of ether oxygens (including phenoxy) is 3. The van der Waals surface area contributed by atoms with Gasteiger partial charge in [0, 0.05) is 6.42 Å². The topological polar surface area (TPSA) is 175 Å². The molecule has 11 heteroatoms. The van der Waals surface area contributed by atoms with Crippen LogP contribution in [0.1, 0.15) is 278 Å². The number of aliphatic hydroxyl groups excluding tert-OH is 5. The van der Waals surface area contributed by atoms with Gasteiger partial charge in [-0.2, -0.15) is 0 Å². The quantitative estimate of drug-likeness (QED) is 0.0195. The lowest BCUT2D eigenvalue weighted by Crippen LogP contribution is -2.61. The van der Waals surface area contributed by atoms with Crippen LogP contribution in [0.15, 0.2) is 109 Å². The minimum Gasteiger partial charge on any atom is -0.454 e. The van der Waals surface area contributed by atoms with Crippen LogP contribution in [0.4, 0.5) is 0 Å². The van der Waals surface area contributed by atoms with Crippen molar-refractivity contribution in [3.63, 3.8) is 0 Å². The van der Waals surface area contributed by atoms with Crippen LogP contribution in [0, 0.1) is 0 Å². The van der Waals surface area contributed by atoms with Gasteiger partial charge in [-0.25, -0.2) is 0 Å². The van der Waals surface area contributed by atoms with Crippen LogP contribution < -0.4 is 5.32 Å². The highest BCUT2D eigenvalue weighted by molar-refractivity contribution is 5.80. The first-order valence-electron chi connectivity index (χ1n) is 34.2. The van der Waals surface area contributed by atoms with Crippen LogP contribution in [-0.4, -0.2) is 99.6 Å². The van der Waals surface area contributed by atoms with Gasteiger partial charge in [0.05, 0.1) is 25.4 Å². The lowest BCUT2D eigenvalue weighted by molar-refractivity contribution is -0.305. The monoisotopic (exact) mass is 1180 g/mol. The van der Waals surface area contributed by atoms with Gasteiger partial charge in [0.1, 0.15) is 24.4 Å². The van der Waals surface area contributed by atoms with E-state index in [1.165, 1.54) is 135 Å². The lowest BCUT2D eigenvalue weighted by Gasteiger charge is -2.41. The number of unbranched alkanes of at least 4 members (excludes halogenated alkanes) is 27. The van der Waals surface area contributed by atoms with Crippen molar-refractivity contribution in [1.29, 1.82) is 0 Å². The average molecular weight is 1180 g/mol. The van der Waals surface area contributed by atoms with Crippen molar-refractivity contribution in [3.8, 4) is 0 Å². The summed E-state index contributed by atoms with van der Waals surface area (Å²) in [7, 11) is 0. The molecule has 0 spiro atoms. The smallest absolute Gasteiger partial charge is 0.306 e. The van der Waals surface area contributed by atoms with E-state index in [4.69, 9.17) is 14.2 Å². The van der Waals surface area contributed by atoms with Gasteiger partial charge in [-0.3, -0.25) is 9.59 Å². The van der Waals surface area contributed by atoms with Gasteiger partial charge in [-0.05, 0) is 103 Å². The molecule has 1 fully saturated rings. The number of nitrogens with one attached hydrogen (secondary N) is 1. The van der Waals surface area contributed by atoms with E-state index in [9.17, 15) is 35.1 Å². The van der Waals surface area contributed by atoms with E-state index in [0.717, 1.165) is 89.9 Å². The van der Waals surface area contributed by atoms with Crippen LogP contribution in [-0.2, 0) is 23.8 Å². The largest absolute Gasteiger partial charge is 0.454 e. The number of carbonyl (C=O) groups is 2. The molecule has 6 N–H and O–H groups in total. The maximum Gasteiger partial charge on any atom is 0.306 e. The van der Waals surface area contributed by atoms with E-state index < -0.39 is 67.4 Å². The number of esters is 1. The molecular weight excluding hydrogens is 1050 g/mol. The molecule has 1 amide bonds. The summed E-state index contributed by atoms with van der Waals surface area (Å²) < 4.78 is 17.6. The van der Waals surface area contributed by atoms with Gasteiger partial charge < -0.3 is 45.1 Å². The fourth-order valence-electron chi connectivity index (χ4n) is 10.0. The Morgan fingerprint density at radius 2 is 0.857 bits per heavy atom. The number of amides is 1. The van der Waals surface area contributed by atoms with Crippen LogP contribution in [0.3, 0.4) is 0 Å². The summed E-state index contributed by atoms with van der Waals surface area (Å²) in [6, 6.07) is -1.04. The molecule has 0 aromatic heterocycles. The zero-order valence-electron chi connectivity index (χ0n) is 53.5. The minimum atomic E-state index is -1.64. The predicted molar refractivity (Wildman–Crippen MR) is 351 cm³/mol. The van der Waals surface area contributed by atoms with E-state index in [-0.39, 0.29) is 19.4 Å². The molecular formula is C73H125NO10. The third-order valence-electron chi connectivity index (χ3n) is 15.4. The molecule has 0 radical (unpaired) electrons. The molecule has 0 aromatic rings. The normalized spacial score (nSPS) is 19.2. The maximum absolute atomic E-state index is 13.5. The van der Waals surface area contributed by atoms with Gasteiger partial charge in [-0.1, -0.05) is 278 Å². The van der Waals surface area contributed by atoms with E-state index in [1.54, 1.807) is 6.08 Å². The summed E-state index contributed by atoms with van der Waals surface area (Å²) in [5.74, 6) is -1.26. The molecule has 0 saturated carbocycles. The highest BCUT2D eigenvalue weighted by Crippen LogP contribution is 2.26. The average Bonchev–Trinajstić information content (AvgIpc) is 3.69. The van der Waals surface area contributed by atoms with Crippen LogP contribution in [0.25, 0.3) is 0 Å². The fraction of sp³-hybridized carbons (Fsp3) is 0.726. The first-order chi connectivity index (χ1) is 41.2. The Balaban J connectivity index is 2.61. The molecule has 11 nitrogen and oxygen atoms in total. The molecule has 1 aliphatic rings. The Labute approximate surface area is 513 Å². The second kappa shape index (κ2) is 59.6. The highest BCUT2D eigenvalue weighted by Gasteiger charge is 2.47. The Morgan fingerprint density at radius 1 is 0.476 bits per heavy atom. The summed E-state index contributed by atoms with van der Waals surface area (Å²) >= 11 is 0. The van der Waals surface area contributed by atoms with Crippen molar-refractivity contribution < 1.29 is 49.3 Å². The third-order valence-corrected chi connectivity index (χ3v) is 15.4. The standard InChI is InChI=1S/C73H125NO10/c1-4-7-10-13-16-19-22-25-27-29-30-31-32-33-34-35-36-37-39-40-42-45-48-51-54-57-60-66(77)72(81)74-64(65(76)59-56-53-50-47-44-24-21-18-15-12-9-6-3)63-82-73-71(70(80)69(79)67(62-75)83-73)84-68(78)61-58-55-52-49-46-43-41-38-28-26-23-20-17-14-11-8-5-2/h8,11,16-17,19-20,25-28,30-31,41,43,49,52,56,59,64-67,69-71,73,75-77,79-80H,4-7,9-10,12-15,18,21-24,29,32-40,42,44-48,50-51,53-55,57-58,60-63H2,1-3H3,(H,74,81)/b11-8-,19-16-,20-17-,27-25-,28-26-,31-30-,43-41-,52-49-,59-56+. The molecule has 482 valence electrons. The van der Waals surface area contributed by atoms with Gasteiger partial charge >= 0.3 is 5.97 Å². The van der Waals surface area contributed by atoms with E-state index in [2.05, 4.69) is 111 Å². The molecule has 1 rings (SSSR count). The summed E-state index contributed by atoms with van der Waals surface area (Å²) in [4.78, 5) is 26.6. The summed E-state index contributed by atoms with van der Waals surface area (Å²) in [6.07, 6.45) is 71.4. The Kier molecular flexibility index (Phi) is 55.6. The Bertz CT molecular complexity index is 1780. The zero-order chi connectivity index (χ0) is 61.0. The number of hydrogen-bond donors (Lipinski definition) is 6. The van der Waals surface area contributed by atoms with Crippen molar-refractivity contribution in [3.05, 3.63) is 109 Å². The molecule has 0 aromatic carbocycles. The van der Waals surface area contributed by atoms with Gasteiger partial charge in [0.25, 0.3) is 0 Å². The van der Waals surface area contributed by atoms with Crippen molar-refractivity contribution in [2.45, 2.75) is 327 Å². The molecule has 1 saturated heterocycles. The summed E-state index contributed by atoms with van der Waals surface area (Å²) in [5.41, 5.74) is 0. The lowest BCUT2D eigenvalue weighted by atomic mass is 9.99. The first kappa shape index (κ1) is 78.3. The second-order valence-electron chi connectivity index (χ2n) is 23.2. The number of carbonyl (C=O) groups excluding carboxylic acids is 2. The SMILES string of the molecule is CC/C=C\C/C=C\C/C=C\C/C=C\C/C=C\CCCC(=O)OC1C(OCC(NC(=O)C(O)CCCCCCCCCCCCCCC/C=C\C/C=C\C/C=C\CCCCC)C(O)/C=C/CCCCCCCCCCCC)OC(CO)C(O)C1O. The van der Waals surface area contributed by atoms with Crippen molar-refractivity contribution in [1.82, 2.24) is 5.32 Å². The third kappa shape index (κ3) is 46.5. The fourth-order valence-corrected chi connectivity index (χ4v) is 10.0. The number of hydrogen-bond acceptors (Lipinski definition) is 10. The second-order valence-corrected chi connectivity index (χ2v) is 23.2. The van der Waals surface area contributed by atoms with Crippen LogP contribution >= 0.6 is 0 Å². The van der Waals surface area contributed by atoms with E-state index in [0.29, 0.717) is 19.3 Å². The molecule has 0 aliphatic carbocycles. The van der Waals surface area contributed by atoms with Crippen molar-refractivity contribution in [2.24, 2.45) is 0 Å².